The van der Waals surface area contributed by atoms with Gasteiger partial charge in [0.05, 0.1) is 17.8 Å². The Hall–Kier alpha value is -1.00. The molecule has 1 unspecified atom stereocenters. The Kier molecular flexibility index (Phi) is 3.74. The van der Waals surface area contributed by atoms with E-state index in [4.69, 9.17) is 10.5 Å². The van der Waals surface area contributed by atoms with Gasteiger partial charge in [-0.2, -0.15) is 0 Å². The van der Waals surface area contributed by atoms with Gasteiger partial charge in [-0.1, -0.05) is 12.8 Å². The van der Waals surface area contributed by atoms with Gasteiger partial charge in [0.25, 0.3) is 0 Å². The minimum Gasteiger partial charge on any atom is -0.373 e. The van der Waals surface area contributed by atoms with Gasteiger partial charge < -0.3 is 10.5 Å². The highest BCUT2D eigenvalue weighted by Gasteiger charge is 2.41. The van der Waals surface area contributed by atoms with E-state index >= 15 is 0 Å². The fourth-order valence-electron chi connectivity index (χ4n) is 2.71. The third kappa shape index (κ3) is 2.48. The van der Waals surface area contributed by atoms with Crippen LogP contribution in [-0.4, -0.2) is 17.2 Å². The van der Waals surface area contributed by atoms with Crippen molar-refractivity contribution < 1.29 is 9.13 Å². The summed E-state index contributed by atoms with van der Waals surface area (Å²) < 4.78 is 19.0. The lowest BCUT2D eigenvalue weighted by Gasteiger charge is -2.35. The van der Waals surface area contributed by atoms with Crippen molar-refractivity contribution in [2.45, 2.75) is 44.2 Å². The van der Waals surface area contributed by atoms with E-state index in [1.54, 1.807) is 6.20 Å². The maximum Gasteiger partial charge on any atom is 0.141 e. The summed E-state index contributed by atoms with van der Waals surface area (Å²) >= 11 is 0. The molecule has 0 aromatic carbocycles. The van der Waals surface area contributed by atoms with Gasteiger partial charge in [-0.3, -0.25) is 4.98 Å². The van der Waals surface area contributed by atoms with Crippen LogP contribution >= 0.6 is 0 Å². The SMILES string of the molecule is CCOC1(C(N)c2cncc(F)c2)CCCC1. The first-order chi connectivity index (χ1) is 8.18. The summed E-state index contributed by atoms with van der Waals surface area (Å²) in [6.45, 7) is 2.60. The number of nitrogens with two attached hydrogens (primary N) is 1. The van der Waals surface area contributed by atoms with Crippen molar-refractivity contribution in [2.75, 3.05) is 6.61 Å². The van der Waals surface area contributed by atoms with Crippen LogP contribution in [0.2, 0.25) is 0 Å². The van der Waals surface area contributed by atoms with Crippen LogP contribution in [-0.2, 0) is 4.74 Å². The number of halogens is 1. The third-order valence-electron chi connectivity index (χ3n) is 3.53. The van der Waals surface area contributed by atoms with Crippen molar-refractivity contribution in [1.29, 1.82) is 0 Å². The molecule has 0 spiro atoms. The average molecular weight is 238 g/mol. The summed E-state index contributed by atoms with van der Waals surface area (Å²) in [6, 6.07) is 1.16. The molecule has 17 heavy (non-hydrogen) atoms. The van der Waals surface area contributed by atoms with Crippen LogP contribution in [0.25, 0.3) is 0 Å². The van der Waals surface area contributed by atoms with Gasteiger partial charge >= 0.3 is 0 Å². The highest BCUT2D eigenvalue weighted by Crippen LogP contribution is 2.41. The Balaban J connectivity index is 2.24. The van der Waals surface area contributed by atoms with Crippen LogP contribution in [0.15, 0.2) is 18.5 Å². The van der Waals surface area contributed by atoms with Gasteiger partial charge in [0.1, 0.15) is 5.82 Å². The van der Waals surface area contributed by atoms with Crippen molar-refractivity contribution >= 4 is 0 Å². The Morgan fingerprint density at radius 3 is 2.76 bits per heavy atom. The van der Waals surface area contributed by atoms with Gasteiger partial charge in [-0.05, 0) is 31.4 Å². The number of ether oxygens (including phenoxy) is 1. The highest BCUT2D eigenvalue weighted by molar-refractivity contribution is 5.19. The number of nitrogens with zero attached hydrogens (tertiary/aromatic N) is 1. The van der Waals surface area contributed by atoms with Crippen molar-refractivity contribution in [3.05, 3.63) is 29.8 Å². The maximum absolute atomic E-state index is 13.2. The second-order valence-electron chi connectivity index (χ2n) is 4.62. The first-order valence-corrected chi connectivity index (χ1v) is 6.18. The van der Waals surface area contributed by atoms with Crippen LogP contribution in [0.5, 0.6) is 0 Å². The van der Waals surface area contributed by atoms with E-state index in [0.29, 0.717) is 6.61 Å². The molecule has 1 aromatic rings. The molecule has 0 saturated heterocycles. The number of hydrogen-bond acceptors (Lipinski definition) is 3. The molecule has 0 radical (unpaired) electrons. The molecule has 1 aromatic heterocycles. The molecule has 1 atom stereocenters. The topological polar surface area (TPSA) is 48.1 Å². The van der Waals surface area contributed by atoms with Gasteiger partial charge in [-0.25, -0.2) is 4.39 Å². The summed E-state index contributed by atoms with van der Waals surface area (Å²) in [7, 11) is 0. The normalized spacial score (nSPS) is 20.4. The monoisotopic (exact) mass is 238 g/mol. The predicted octanol–water partition coefficient (Wildman–Crippen LogP) is 2.57. The zero-order valence-corrected chi connectivity index (χ0v) is 10.2. The minimum atomic E-state index is -0.345. The van der Waals surface area contributed by atoms with E-state index in [1.165, 1.54) is 12.3 Å². The molecule has 3 nitrogen and oxygen atoms in total. The molecule has 0 bridgehead atoms. The van der Waals surface area contributed by atoms with Gasteiger partial charge in [-0.15, -0.1) is 0 Å². The zero-order chi connectivity index (χ0) is 12.3. The Bertz CT molecular complexity index is 377. The van der Waals surface area contributed by atoms with Crippen molar-refractivity contribution in [3.63, 3.8) is 0 Å². The average Bonchev–Trinajstić information content (AvgIpc) is 2.78. The first-order valence-electron chi connectivity index (χ1n) is 6.18. The molecule has 2 rings (SSSR count). The van der Waals surface area contributed by atoms with Gasteiger partial charge in [0.15, 0.2) is 0 Å². The maximum atomic E-state index is 13.2. The van der Waals surface area contributed by atoms with Crippen LogP contribution < -0.4 is 5.73 Å². The fraction of sp³-hybridized carbons (Fsp3) is 0.615. The summed E-state index contributed by atoms with van der Waals surface area (Å²) in [5.74, 6) is -0.345. The number of pyridine rings is 1. The number of aromatic nitrogens is 1. The Labute approximate surface area is 101 Å². The van der Waals surface area contributed by atoms with Crippen LogP contribution in [0.3, 0.4) is 0 Å². The highest BCUT2D eigenvalue weighted by atomic mass is 19.1. The molecule has 1 fully saturated rings. The lowest BCUT2D eigenvalue weighted by Crippen LogP contribution is -2.41. The van der Waals surface area contributed by atoms with Crippen molar-refractivity contribution in [3.8, 4) is 0 Å². The molecule has 1 aliphatic rings. The van der Waals surface area contributed by atoms with E-state index in [1.807, 2.05) is 6.92 Å². The molecule has 0 amide bonds. The van der Waals surface area contributed by atoms with Crippen LogP contribution in [0.1, 0.15) is 44.2 Å². The lowest BCUT2D eigenvalue weighted by molar-refractivity contribution is -0.0537. The summed E-state index contributed by atoms with van der Waals surface area (Å²) in [4.78, 5) is 3.86. The molecule has 1 heterocycles. The van der Waals surface area contributed by atoms with E-state index < -0.39 is 0 Å². The van der Waals surface area contributed by atoms with Gasteiger partial charge in [0, 0.05) is 12.8 Å². The minimum absolute atomic E-state index is 0.298. The van der Waals surface area contributed by atoms with Crippen molar-refractivity contribution in [1.82, 2.24) is 4.98 Å². The van der Waals surface area contributed by atoms with E-state index in [9.17, 15) is 4.39 Å². The third-order valence-corrected chi connectivity index (χ3v) is 3.53. The van der Waals surface area contributed by atoms with Crippen LogP contribution in [0.4, 0.5) is 4.39 Å². The second-order valence-corrected chi connectivity index (χ2v) is 4.62. The Morgan fingerprint density at radius 2 is 2.18 bits per heavy atom. The van der Waals surface area contributed by atoms with Gasteiger partial charge in [0.2, 0.25) is 0 Å². The molecule has 1 aliphatic carbocycles. The predicted molar refractivity (Wildman–Crippen MR) is 63.9 cm³/mol. The molecule has 94 valence electrons. The largest absolute Gasteiger partial charge is 0.373 e. The molecule has 0 aliphatic heterocycles. The Morgan fingerprint density at radius 1 is 1.47 bits per heavy atom. The van der Waals surface area contributed by atoms with E-state index in [2.05, 4.69) is 4.98 Å². The molecular formula is C13H19FN2O. The lowest BCUT2D eigenvalue weighted by atomic mass is 9.88. The van der Waals surface area contributed by atoms with E-state index in [-0.39, 0.29) is 17.5 Å². The number of rotatable bonds is 4. The molecule has 2 N–H and O–H groups in total. The summed E-state index contributed by atoms with van der Waals surface area (Å²) in [6.07, 6.45) is 6.95. The quantitative estimate of drug-likeness (QED) is 0.877. The molecule has 1 saturated carbocycles. The van der Waals surface area contributed by atoms with E-state index in [0.717, 1.165) is 31.2 Å². The molecular weight excluding hydrogens is 219 g/mol. The second kappa shape index (κ2) is 5.10. The summed E-state index contributed by atoms with van der Waals surface area (Å²) in [5, 5.41) is 0. The standard InChI is InChI=1S/C13H19FN2O/c1-2-17-13(5-3-4-6-13)12(15)10-7-11(14)9-16-8-10/h7-9,12H,2-6,15H2,1H3. The van der Waals surface area contributed by atoms with Crippen LogP contribution in [0, 0.1) is 5.82 Å². The first kappa shape index (κ1) is 12.5. The fourth-order valence-corrected chi connectivity index (χ4v) is 2.71. The smallest absolute Gasteiger partial charge is 0.141 e. The summed E-state index contributed by atoms with van der Waals surface area (Å²) in [5.41, 5.74) is 6.65. The molecule has 4 heteroatoms. The van der Waals surface area contributed by atoms with Crippen molar-refractivity contribution in [2.24, 2.45) is 5.73 Å². The zero-order valence-electron chi connectivity index (χ0n) is 10.2. The number of hydrogen-bond donors (Lipinski definition) is 1.